The fourth-order valence-corrected chi connectivity index (χ4v) is 2.14. The van der Waals surface area contributed by atoms with Gasteiger partial charge in [-0.2, -0.15) is 0 Å². The second-order valence-corrected chi connectivity index (χ2v) is 5.33. The largest absolute Gasteiger partial charge is 0.452 e. The molecule has 96 valence electrons. The van der Waals surface area contributed by atoms with Crippen molar-refractivity contribution in [2.24, 2.45) is 0 Å². The van der Waals surface area contributed by atoms with E-state index in [0.717, 1.165) is 25.5 Å². The van der Waals surface area contributed by atoms with Crippen LogP contribution in [0.1, 0.15) is 46.5 Å². The molecule has 0 aliphatic heterocycles. The van der Waals surface area contributed by atoms with Crippen LogP contribution in [0.3, 0.4) is 0 Å². The Hall–Kier alpha value is -0.320. The van der Waals surface area contributed by atoms with Crippen molar-refractivity contribution in [2.75, 3.05) is 5.75 Å². The molecule has 0 fully saturated rings. The van der Waals surface area contributed by atoms with Gasteiger partial charge in [-0.25, -0.2) is 8.78 Å². The Kier molecular flexibility index (Phi) is 7.72. The molecule has 0 N–H and O–H groups in total. The summed E-state index contributed by atoms with van der Waals surface area (Å²) < 4.78 is 29.8. The molecule has 0 heterocycles. The van der Waals surface area contributed by atoms with E-state index < -0.39 is 5.92 Å². The fraction of sp³-hybridized carbons (Fsp3) is 0.909. The third kappa shape index (κ3) is 11.8. The molecule has 0 radical (unpaired) electrons. The van der Waals surface area contributed by atoms with E-state index in [1.807, 2.05) is 6.92 Å². The molecule has 0 spiro atoms. The van der Waals surface area contributed by atoms with Crippen molar-refractivity contribution >= 4 is 17.7 Å². The Morgan fingerprint density at radius 1 is 1.38 bits per heavy atom. The normalized spacial score (nSPS) is 13.6. The lowest BCUT2D eigenvalue weighted by atomic mass is 10.1. The standard InChI is InChI=1S/C11H20F2O2S/c1-9(14)15-10(2)16-8-6-4-5-7-11(3,12)13/h10H,4-8H2,1-3H3. The van der Waals surface area contributed by atoms with Crippen molar-refractivity contribution in [3.8, 4) is 0 Å². The number of halogens is 2. The van der Waals surface area contributed by atoms with Gasteiger partial charge in [0.05, 0.1) is 0 Å². The maximum Gasteiger partial charge on any atom is 0.303 e. The van der Waals surface area contributed by atoms with Gasteiger partial charge in [0.25, 0.3) is 0 Å². The minimum Gasteiger partial charge on any atom is -0.452 e. The number of rotatable bonds is 8. The predicted molar refractivity (Wildman–Crippen MR) is 62.8 cm³/mol. The number of esters is 1. The maximum absolute atomic E-state index is 12.4. The molecular formula is C11H20F2O2S. The summed E-state index contributed by atoms with van der Waals surface area (Å²) in [6, 6.07) is 0. The Bertz CT molecular complexity index is 205. The van der Waals surface area contributed by atoms with E-state index in [1.54, 1.807) is 0 Å². The number of unbranched alkanes of at least 4 members (excludes halogenated alkanes) is 2. The monoisotopic (exact) mass is 254 g/mol. The van der Waals surface area contributed by atoms with Gasteiger partial charge in [-0.05, 0) is 32.4 Å². The second kappa shape index (κ2) is 7.87. The van der Waals surface area contributed by atoms with Crippen LogP contribution < -0.4 is 0 Å². The van der Waals surface area contributed by atoms with Gasteiger partial charge in [0.2, 0.25) is 5.92 Å². The molecule has 0 saturated carbocycles. The summed E-state index contributed by atoms with van der Waals surface area (Å²) in [6.45, 7) is 4.14. The first kappa shape index (κ1) is 15.7. The molecule has 0 aliphatic carbocycles. The van der Waals surface area contributed by atoms with E-state index in [-0.39, 0.29) is 17.8 Å². The first-order valence-electron chi connectivity index (χ1n) is 5.48. The summed E-state index contributed by atoms with van der Waals surface area (Å²) in [5.41, 5.74) is -0.148. The lowest BCUT2D eigenvalue weighted by molar-refractivity contribution is -0.141. The maximum atomic E-state index is 12.4. The number of hydrogen-bond donors (Lipinski definition) is 0. The third-order valence-electron chi connectivity index (χ3n) is 1.94. The van der Waals surface area contributed by atoms with Gasteiger partial charge < -0.3 is 4.74 Å². The van der Waals surface area contributed by atoms with Gasteiger partial charge in [0.1, 0.15) is 5.44 Å². The lowest BCUT2D eigenvalue weighted by Crippen LogP contribution is -2.09. The number of carbonyl (C=O) groups is 1. The molecule has 0 aromatic heterocycles. The van der Waals surface area contributed by atoms with Crippen LogP contribution in [0.25, 0.3) is 0 Å². The number of ether oxygens (including phenoxy) is 1. The summed E-state index contributed by atoms with van der Waals surface area (Å²) in [7, 11) is 0. The molecule has 0 rings (SSSR count). The van der Waals surface area contributed by atoms with E-state index in [2.05, 4.69) is 0 Å². The molecule has 16 heavy (non-hydrogen) atoms. The molecule has 1 unspecified atom stereocenters. The number of thioether (sulfide) groups is 1. The smallest absolute Gasteiger partial charge is 0.303 e. The minimum atomic E-state index is -2.54. The zero-order valence-corrected chi connectivity index (χ0v) is 10.9. The van der Waals surface area contributed by atoms with Crippen molar-refractivity contribution in [1.29, 1.82) is 0 Å². The average molecular weight is 254 g/mol. The number of alkyl halides is 2. The first-order chi connectivity index (χ1) is 7.31. The molecule has 2 nitrogen and oxygen atoms in total. The van der Waals surface area contributed by atoms with Gasteiger partial charge in [0.15, 0.2) is 0 Å². The molecule has 0 aliphatic rings. The quantitative estimate of drug-likeness (QED) is 0.374. The van der Waals surface area contributed by atoms with Crippen LogP contribution in [-0.4, -0.2) is 23.1 Å². The van der Waals surface area contributed by atoms with Crippen LogP contribution in [0.15, 0.2) is 0 Å². The molecule has 0 aromatic carbocycles. The van der Waals surface area contributed by atoms with Crippen molar-refractivity contribution < 1.29 is 18.3 Å². The van der Waals surface area contributed by atoms with E-state index >= 15 is 0 Å². The highest BCUT2D eigenvalue weighted by molar-refractivity contribution is 7.99. The van der Waals surface area contributed by atoms with Gasteiger partial charge in [-0.15, -0.1) is 11.8 Å². The van der Waals surface area contributed by atoms with Crippen LogP contribution in [-0.2, 0) is 9.53 Å². The van der Waals surface area contributed by atoms with E-state index in [1.165, 1.54) is 18.7 Å². The Morgan fingerprint density at radius 3 is 2.50 bits per heavy atom. The fourth-order valence-electron chi connectivity index (χ4n) is 1.23. The first-order valence-corrected chi connectivity index (χ1v) is 6.53. The van der Waals surface area contributed by atoms with Crippen molar-refractivity contribution in [3.05, 3.63) is 0 Å². The van der Waals surface area contributed by atoms with Crippen LogP contribution in [0.5, 0.6) is 0 Å². The van der Waals surface area contributed by atoms with Crippen LogP contribution in [0.4, 0.5) is 8.78 Å². The lowest BCUT2D eigenvalue weighted by Gasteiger charge is -2.11. The summed E-state index contributed by atoms with van der Waals surface area (Å²) in [6.07, 6.45) is 2.18. The van der Waals surface area contributed by atoms with Crippen LogP contribution in [0.2, 0.25) is 0 Å². The van der Waals surface area contributed by atoms with Gasteiger partial charge in [-0.1, -0.05) is 6.42 Å². The second-order valence-electron chi connectivity index (χ2n) is 3.93. The minimum absolute atomic E-state index is 0.0445. The summed E-state index contributed by atoms with van der Waals surface area (Å²) >= 11 is 1.53. The van der Waals surface area contributed by atoms with Crippen LogP contribution in [0, 0.1) is 0 Å². The van der Waals surface area contributed by atoms with Crippen molar-refractivity contribution in [1.82, 2.24) is 0 Å². The Balaban J connectivity index is 3.30. The van der Waals surface area contributed by atoms with Gasteiger partial charge in [0, 0.05) is 13.3 Å². The molecular weight excluding hydrogens is 234 g/mol. The third-order valence-corrected chi connectivity index (χ3v) is 3.03. The average Bonchev–Trinajstić information content (AvgIpc) is 2.07. The van der Waals surface area contributed by atoms with E-state index in [9.17, 15) is 13.6 Å². The molecule has 0 bridgehead atoms. The van der Waals surface area contributed by atoms with E-state index in [0.29, 0.717) is 6.42 Å². The molecule has 0 amide bonds. The summed E-state index contributed by atoms with van der Waals surface area (Å²) in [5.74, 6) is -1.99. The SMILES string of the molecule is CC(=O)OC(C)SCCCCCC(C)(F)F. The van der Waals surface area contributed by atoms with Crippen molar-refractivity contribution in [3.63, 3.8) is 0 Å². The topological polar surface area (TPSA) is 26.3 Å². The summed E-state index contributed by atoms with van der Waals surface area (Å²) in [5, 5.41) is 0. The van der Waals surface area contributed by atoms with E-state index in [4.69, 9.17) is 4.74 Å². The highest BCUT2D eigenvalue weighted by atomic mass is 32.2. The zero-order valence-electron chi connectivity index (χ0n) is 10.1. The van der Waals surface area contributed by atoms with Gasteiger partial charge in [-0.3, -0.25) is 4.79 Å². The molecule has 1 atom stereocenters. The highest BCUT2D eigenvalue weighted by Crippen LogP contribution is 2.21. The molecule has 0 aromatic rings. The Morgan fingerprint density at radius 2 is 2.00 bits per heavy atom. The zero-order chi connectivity index (χ0) is 12.6. The van der Waals surface area contributed by atoms with Crippen LogP contribution >= 0.6 is 11.8 Å². The summed E-state index contributed by atoms with van der Waals surface area (Å²) in [4.78, 5) is 10.6. The number of carbonyl (C=O) groups excluding carboxylic acids is 1. The molecule has 0 saturated heterocycles. The number of hydrogen-bond acceptors (Lipinski definition) is 3. The predicted octanol–water partition coefficient (Wildman–Crippen LogP) is 3.84. The van der Waals surface area contributed by atoms with Gasteiger partial charge >= 0.3 is 5.97 Å². The highest BCUT2D eigenvalue weighted by Gasteiger charge is 2.19. The van der Waals surface area contributed by atoms with Crippen molar-refractivity contribution in [2.45, 2.75) is 57.8 Å². The molecule has 5 heteroatoms. The Labute approximate surface area is 100 Å².